The first kappa shape index (κ1) is 16.6. The van der Waals surface area contributed by atoms with Crippen LogP contribution in [0.15, 0.2) is 23.1 Å². The lowest BCUT2D eigenvalue weighted by atomic mass is 10.2. The number of carboxylic acids is 1. The first-order valence-corrected chi connectivity index (χ1v) is 9.16. The highest BCUT2D eigenvalue weighted by atomic mass is 35.5. The van der Waals surface area contributed by atoms with E-state index in [1.165, 1.54) is 16.4 Å². The Labute approximate surface area is 133 Å². The maximum absolute atomic E-state index is 12.6. The van der Waals surface area contributed by atoms with Gasteiger partial charge in [-0.2, -0.15) is 16.1 Å². The zero-order valence-electron chi connectivity index (χ0n) is 11.6. The van der Waals surface area contributed by atoms with Gasteiger partial charge in [-0.3, -0.25) is 0 Å². The quantitative estimate of drug-likeness (QED) is 0.907. The van der Waals surface area contributed by atoms with E-state index in [2.05, 4.69) is 0 Å². The van der Waals surface area contributed by atoms with E-state index in [1.807, 2.05) is 13.8 Å². The van der Waals surface area contributed by atoms with Gasteiger partial charge in [-0.05, 0) is 18.2 Å². The van der Waals surface area contributed by atoms with E-state index in [-0.39, 0.29) is 26.0 Å². The Morgan fingerprint density at radius 3 is 2.43 bits per heavy atom. The number of aromatic carboxylic acids is 1. The number of thioether (sulfide) groups is 1. The molecule has 8 heteroatoms. The zero-order chi connectivity index (χ0) is 15.8. The Hall–Kier alpha value is -0.760. The largest absolute Gasteiger partial charge is 0.478 e. The van der Waals surface area contributed by atoms with Crippen LogP contribution in [0.25, 0.3) is 0 Å². The average molecular weight is 350 g/mol. The van der Waals surface area contributed by atoms with Crippen LogP contribution in [0.3, 0.4) is 0 Å². The van der Waals surface area contributed by atoms with Crippen molar-refractivity contribution in [3.63, 3.8) is 0 Å². The number of sulfonamides is 1. The SMILES string of the molecule is CC1CN(S(=O)(=O)c2ccc(Cl)c(C(=O)O)c2)CC(C)S1. The third-order valence-corrected chi connectivity index (χ3v) is 6.58. The second-order valence-electron chi connectivity index (χ2n) is 5.03. The van der Waals surface area contributed by atoms with Crippen molar-refractivity contribution in [3.8, 4) is 0 Å². The van der Waals surface area contributed by atoms with E-state index in [4.69, 9.17) is 16.7 Å². The molecule has 0 amide bonds. The van der Waals surface area contributed by atoms with Gasteiger partial charge < -0.3 is 5.11 Å². The molecular formula is C13H16ClNO4S2. The maximum atomic E-state index is 12.6. The van der Waals surface area contributed by atoms with Crippen molar-refractivity contribution >= 4 is 39.4 Å². The van der Waals surface area contributed by atoms with Gasteiger partial charge in [-0.15, -0.1) is 0 Å². The summed E-state index contributed by atoms with van der Waals surface area (Å²) in [5, 5.41) is 9.49. The molecule has 1 aromatic carbocycles. The minimum atomic E-state index is -3.70. The monoisotopic (exact) mass is 349 g/mol. The molecule has 0 saturated carbocycles. The van der Waals surface area contributed by atoms with Crippen LogP contribution in [0.5, 0.6) is 0 Å². The van der Waals surface area contributed by atoms with Crippen LogP contribution in [0.2, 0.25) is 5.02 Å². The highest BCUT2D eigenvalue weighted by Gasteiger charge is 2.32. The second-order valence-corrected chi connectivity index (χ2v) is 9.25. The Morgan fingerprint density at radius 2 is 1.90 bits per heavy atom. The molecule has 1 aliphatic heterocycles. The van der Waals surface area contributed by atoms with Gasteiger partial charge in [-0.1, -0.05) is 25.4 Å². The van der Waals surface area contributed by atoms with Gasteiger partial charge in [0.2, 0.25) is 10.0 Å². The molecule has 0 spiro atoms. The van der Waals surface area contributed by atoms with Gasteiger partial charge >= 0.3 is 5.97 Å². The zero-order valence-corrected chi connectivity index (χ0v) is 14.0. The molecular weight excluding hydrogens is 334 g/mol. The summed E-state index contributed by atoms with van der Waals surface area (Å²) < 4.78 is 26.7. The number of halogens is 1. The molecule has 1 aliphatic rings. The van der Waals surface area contributed by atoms with Crippen molar-refractivity contribution in [3.05, 3.63) is 28.8 Å². The van der Waals surface area contributed by atoms with Gasteiger partial charge in [-0.25, -0.2) is 13.2 Å². The van der Waals surface area contributed by atoms with Crippen LogP contribution < -0.4 is 0 Å². The fourth-order valence-corrected chi connectivity index (χ4v) is 5.66. The molecule has 21 heavy (non-hydrogen) atoms. The average Bonchev–Trinajstić information content (AvgIpc) is 2.37. The lowest BCUT2D eigenvalue weighted by Gasteiger charge is -2.33. The van der Waals surface area contributed by atoms with Gasteiger partial charge in [0.15, 0.2) is 0 Å². The summed E-state index contributed by atoms with van der Waals surface area (Å²) in [6, 6.07) is 3.78. The first-order chi connectivity index (χ1) is 9.71. The van der Waals surface area contributed by atoms with E-state index in [9.17, 15) is 13.2 Å². The molecule has 1 N–H and O–H groups in total. The molecule has 1 fully saturated rings. The number of nitrogens with zero attached hydrogens (tertiary/aromatic N) is 1. The first-order valence-electron chi connectivity index (χ1n) is 6.40. The molecule has 2 unspecified atom stereocenters. The van der Waals surface area contributed by atoms with E-state index >= 15 is 0 Å². The fraction of sp³-hybridized carbons (Fsp3) is 0.462. The summed E-state index contributed by atoms with van der Waals surface area (Å²) in [6.07, 6.45) is 0. The summed E-state index contributed by atoms with van der Waals surface area (Å²) in [5.74, 6) is -1.24. The highest BCUT2D eigenvalue weighted by molar-refractivity contribution is 8.00. The molecule has 1 saturated heterocycles. The molecule has 0 bridgehead atoms. The molecule has 1 heterocycles. The van der Waals surface area contributed by atoms with Crippen molar-refractivity contribution in [2.24, 2.45) is 0 Å². The smallest absolute Gasteiger partial charge is 0.337 e. The number of hydrogen-bond acceptors (Lipinski definition) is 4. The van der Waals surface area contributed by atoms with E-state index < -0.39 is 16.0 Å². The minimum absolute atomic E-state index is 0.0254. The van der Waals surface area contributed by atoms with Gasteiger partial charge in [0.25, 0.3) is 0 Å². The van der Waals surface area contributed by atoms with Crippen LogP contribution in [0.1, 0.15) is 24.2 Å². The minimum Gasteiger partial charge on any atom is -0.478 e. The van der Waals surface area contributed by atoms with Crippen LogP contribution >= 0.6 is 23.4 Å². The van der Waals surface area contributed by atoms with Gasteiger partial charge in [0.05, 0.1) is 15.5 Å². The molecule has 1 aromatic rings. The molecule has 0 aromatic heterocycles. The maximum Gasteiger partial charge on any atom is 0.337 e. The lowest BCUT2D eigenvalue weighted by molar-refractivity contribution is 0.0697. The number of carboxylic acid groups (broad SMARTS) is 1. The summed E-state index contributed by atoms with van der Waals surface area (Å²) in [5.41, 5.74) is -0.203. The standard InChI is InChI=1S/C13H16ClNO4S2/c1-8-6-15(7-9(2)20-8)21(18,19)10-3-4-12(14)11(5-10)13(16)17/h3-5,8-9H,6-7H2,1-2H3,(H,16,17). The molecule has 0 aliphatic carbocycles. The van der Waals surface area contributed by atoms with E-state index in [0.717, 1.165) is 6.07 Å². The fourth-order valence-electron chi connectivity index (χ4n) is 2.30. The summed E-state index contributed by atoms with van der Waals surface area (Å²) in [7, 11) is -3.70. The van der Waals surface area contributed by atoms with Crippen molar-refractivity contribution in [2.45, 2.75) is 29.2 Å². The van der Waals surface area contributed by atoms with E-state index in [0.29, 0.717) is 13.1 Å². The van der Waals surface area contributed by atoms with Crippen molar-refractivity contribution in [1.82, 2.24) is 4.31 Å². The lowest BCUT2D eigenvalue weighted by Crippen LogP contribution is -2.43. The number of carbonyl (C=O) groups is 1. The third kappa shape index (κ3) is 3.53. The molecule has 116 valence electrons. The third-order valence-electron chi connectivity index (χ3n) is 3.19. The van der Waals surface area contributed by atoms with Crippen LogP contribution in [-0.2, 0) is 10.0 Å². The Bertz CT molecular complexity index is 652. The van der Waals surface area contributed by atoms with Crippen molar-refractivity contribution in [1.29, 1.82) is 0 Å². The number of hydrogen-bond donors (Lipinski definition) is 1. The van der Waals surface area contributed by atoms with Crippen LogP contribution in [0.4, 0.5) is 0 Å². The Morgan fingerprint density at radius 1 is 1.33 bits per heavy atom. The van der Waals surface area contributed by atoms with Crippen molar-refractivity contribution < 1.29 is 18.3 Å². The van der Waals surface area contributed by atoms with Gasteiger partial charge in [0.1, 0.15) is 0 Å². The summed E-state index contributed by atoms with van der Waals surface area (Å²) >= 11 is 7.53. The Balaban J connectivity index is 2.40. The predicted molar refractivity (Wildman–Crippen MR) is 83.7 cm³/mol. The normalized spacial score (nSPS) is 24.0. The molecule has 5 nitrogen and oxygen atoms in total. The number of benzene rings is 1. The highest BCUT2D eigenvalue weighted by Crippen LogP contribution is 2.30. The van der Waals surface area contributed by atoms with Crippen molar-refractivity contribution in [2.75, 3.05) is 13.1 Å². The summed E-state index contributed by atoms with van der Waals surface area (Å²) in [4.78, 5) is 11.1. The summed E-state index contributed by atoms with van der Waals surface area (Å²) in [6.45, 7) is 4.80. The second kappa shape index (κ2) is 6.16. The molecule has 0 radical (unpaired) electrons. The molecule has 2 atom stereocenters. The Kier molecular flexibility index (Phi) is 4.87. The topological polar surface area (TPSA) is 74.7 Å². The molecule has 2 rings (SSSR count). The van der Waals surface area contributed by atoms with Crippen LogP contribution in [0, 0.1) is 0 Å². The van der Waals surface area contributed by atoms with Gasteiger partial charge in [0, 0.05) is 23.6 Å². The van der Waals surface area contributed by atoms with Crippen LogP contribution in [-0.4, -0.2) is 47.4 Å². The predicted octanol–water partition coefficient (Wildman–Crippen LogP) is 2.55. The van der Waals surface area contributed by atoms with E-state index in [1.54, 1.807) is 11.8 Å². The number of rotatable bonds is 3.